The number of hydroxylamine groups is 8. The van der Waals surface area contributed by atoms with Gasteiger partial charge in [0.2, 0.25) is 0 Å². The number of nitrogens with zero attached hydrogens (tertiary/aromatic N) is 4. The van der Waals surface area contributed by atoms with Gasteiger partial charge in [-0.1, -0.05) is 39.5 Å². The Bertz CT molecular complexity index is 1940. The maximum Gasteiger partial charge on any atom is 0.323 e. The van der Waals surface area contributed by atoms with E-state index in [2.05, 4.69) is 6.92 Å². The Labute approximate surface area is 474 Å². The molecule has 0 amide bonds. The standard InChI is InChI=1S/C60H108N4O15/c1-19-21-27-59(41-76-42-33-51(3,4)61(70)52(5,6)34-42,48(67)77-43-35-53(7,8)62(71)54(9,10)36-43)28-23-31-74-46(65)25-26-47(66)75-32-24-30-60(29-22-20-2,49(68)78-44-37-55(11,12)63(72)56(13,14)38-44)50(69)79-45-39-57(15,16)64(73)58(17,18)40-45/h42-45,70-73H,19-41H2,1-18H3. The van der Waals surface area contributed by atoms with Gasteiger partial charge in [-0.3, -0.25) is 24.0 Å². The molecule has 0 saturated carbocycles. The zero-order valence-electron chi connectivity index (χ0n) is 52.1. The van der Waals surface area contributed by atoms with Crippen molar-refractivity contribution in [2.75, 3.05) is 19.8 Å². The van der Waals surface area contributed by atoms with Gasteiger partial charge in [-0.05, 0) is 162 Å². The molecule has 4 saturated heterocycles. The molecular formula is C60H108N4O15. The third-order valence-electron chi connectivity index (χ3n) is 17.6. The fourth-order valence-corrected chi connectivity index (χ4v) is 13.8. The minimum atomic E-state index is -1.74. The van der Waals surface area contributed by atoms with Gasteiger partial charge in [-0.2, -0.15) is 20.3 Å². The zero-order valence-corrected chi connectivity index (χ0v) is 52.1. The number of ether oxygens (including phenoxy) is 6. The van der Waals surface area contributed by atoms with Crippen LogP contribution in [-0.4, -0.2) is 159 Å². The van der Waals surface area contributed by atoms with E-state index in [1.54, 1.807) is 0 Å². The van der Waals surface area contributed by atoms with Crippen LogP contribution < -0.4 is 0 Å². The Morgan fingerprint density at radius 1 is 0.405 bits per heavy atom. The number of hydrogen-bond acceptors (Lipinski definition) is 19. The van der Waals surface area contributed by atoms with Gasteiger partial charge in [0, 0.05) is 82.8 Å². The topological polar surface area (TPSA) is 235 Å². The molecule has 0 aromatic rings. The van der Waals surface area contributed by atoms with Crippen LogP contribution in [0.15, 0.2) is 0 Å². The molecule has 4 heterocycles. The summed E-state index contributed by atoms with van der Waals surface area (Å²) in [6.07, 6.45) is 4.78. The molecule has 4 N–H and O–H groups in total. The molecule has 4 aliphatic rings. The summed E-state index contributed by atoms with van der Waals surface area (Å²) in [6, 6.07) is 0. The summed E-state index contributed by atoms with van der Waals surface area (Å²) in [5, 5.41) is 49.3. The molecule has 4 aliphatic heterocycles. The van der Waals surface area contributed by atoms with Crippen molar-refractivity contribution in [1.29, 1.82) is 0 Å². The summed E-state index contributed by atoms with van der Waals surface area (Å²) in [4.78, 5) is 70.5. The summed E-state index contributed by atoms with van der Waals surface area (Å²) in [6.45, 7) is 34.4. The first-order chi connectivity index (χ1) is 36.1. The van der Waals surface area contributed by atoms with Crippen LogP contribution in [0.3, 0.4) is 0 Å². The van der Waals surface area contributed by atoms with Gasteiger partial charge >= 0.3 is 29.8 Å². The molecule has 0 spiro atoms. The Morgan fingerprint density at radius 3 is 1.00 bits per heavy atom. The average molecular weight is 1130 g/mol. The van der Waals surface area contributed by atoms with Crippen molar-refractivity contribution in [3.05, 3.63) is 0 Å². The van der Waals surface area contributed by atoms with Crippen molar-refractivity contribution in [2.45, 2.75) is 322 Å². The Hall–Kier alpha value is -3.01. The largest absolute Gasteiger partial charge is 0.466 e. The molecule has 1 atom stereocenters. The van der Waals surface area contributed by atoms with E-state index < -0.39 is 97.3 Å². The summed E-state index contributed by atoms with van der Waals surface area (Å²) in [7, 11) is 0. The fraction of sp³-hybridized carbons (Fsp3) is 0.917. The lowest BCUT2D eigenvalue weighted by molar-refractivity contribution is -0.265. The Morgan fingerprint density at radius 2 is 0.671 bits per heavy atom. The first-order valence-corrected chi connectivity index (χ1v) is 29.7. The van der Waals surface area contributed by atoms with Crippen molar-refractivity contribution in [3.8, 4) is 0 Å². The normalized spacial score (nSPS) is 24.5. The molecule has 4 fully saturated rings. The maximum absolute atomic E-state index is 14.7. The third-order valence-corrected chi connectivity index (χ3v) is 17.6. The van der Waals surface area contributed by atoms with Gasteiger partial charge in [0.05, 0.1) is 44.2 Å². The smallest absolute Gasteiger partial charge is 0.323 e. The molecule has 79 heavy (non-hydrogen) atoms. The summed E-state index contributed by atoms with van der Waals surface area (Å²) >= 11 is 0. The number of esters is 5. The highest BCUT2D eigenvalue weighted by molar-refractivity contribution is 6.00. The van der Waals surface area contributed by atoms with Crippen LogP contribution in [0.25, 0.3) is 0 Å². The SMILES string of the molecule is CCCCC(CCCOC(=O)CCC(=O)OCCCC(CCCC)(C(=O)OC1CC(C)(C)N(O)C(C)(C)C1)C(=O)OC1CC(C)(C)N(O)C(C)(C)C1)(COC1CC(C)(C)N(O)C(C)(C)C1)C(=O)OC1CC(C)(C)N(O)C(C)(C)C1. The van der Waals surface area contributed by atoms with Gasteiger partial charge in [-0.15, -0.1) is 0 Å². The average Bonchev–Trinajstić information content (AvgIpc) is 3.33. The lowest BCUT2D eigenvalue weighted by Gasteiger charge is -2.52. The van der Waals surface area contributed by atoms with Crippen molar-refractivity contribution in [1.82, 2.24) is 20.3 Å². The van der Waals surface area contributed by atoms with Crippen molar-refractivity contribution < 1.29 is 73.2 Å². The molecule has 19 heteroatoms. The van der Waals surface area contributed by atoms with Crippen LogP contribution in [0.2, 0.25) is 0 Å². The molecular weight excluding hydrogens is 1020 g/mol. The van der Waals surface area contributed by atoms with E-state index in [1.165, 1.54) is 20.3 Å². The van der Waals surface area contributed by atoms with E-state index >= 15 is 0 Å². The van der Waals surface area contributed by atoms with E-state index in [1.807, 2.05) is 118 Å². The van der Waals surface area contributed by atoms with Gasteiger partial charge in [0.1, 0.15) is 18.3 Å². The first-order valence-electron chi connectivity index (χ1n) is 29.7. The lowest BCUT2D eigenvalue weighted by Crippen LogP contribution is -2.61. The lowest BCUT2D eigenvalue weighted by atomic mass is 9.77. The molecule has 19 nitrogen and oxygen atoms in total. The third kappa shape index (κ3) is 17.3. The predicted octanol–water partition coefficient (Wildman–Crippen LogP) is 11.1. The summed E-state index contributed by atoms with van der Waals surface area (Å²) in [5.74, 6) is -3.10. The fourth-order valence-electron chi connectivity index (χ4n) is 13.8. The highest BCUT2D eigenvalue weighted by Crippen LogP contribution is 2.46. The number of hydrogen-bond donors (Lipinski definition) is 4. The number of carbonyl (C=O) groups is 5. The molecule has 1 unspecified atom stereocenters. The number of carbonyl (C=O) groups excluding carboxylic acids is 5. The molecule has 0 aromatic carbocycles. The van der Waals surface area contributed by atoms with Crippen molar-refractivity contribution >= 4 is 29.8 Å². The maximum atomic E-state index is 14.7. The van der Waals surface area contributed by atoms with Crippen LogP contribution in [0.4, 0.5) is 0 Å². The van der Waals surface area contributed by atoms with Crippen LogP contribution in [0.5, 0.6) is 0 Å². The van der Waals surface area contributed by atoms with Crippen molar-refractivity contribution in [3.63, 3.8) is 0 Å². The van der Waals surface area contributed by atoms with Crippen LogP contribution >= 0.6 is 0 Å². The van der Waals surface area contributed by atoms with Gasteiger partial charge in [0.15, 0.2) is 5.41 Å². The number of piperidine rings is 4. The molecule has 0 aliphatic carbocycles. The number of rotatable bonds is 26. The van der Waals surface area contributed by atoms with E-state index in [-0.39, 0.29) is 64.0 Å². The molecule has 458 valence electrons. The minimum absolute atomic E-state index is 0.0186. The molecule has 4 rings (SSSR count). The highest BCUT2D eigenvalue weighted by atomic mass is 16.6. The van der Waals surface area contributed by atoms with Gasteiger partial charge in [0.25, 0.3) is 0 Å². The summed E-state index contributed by atoms with van der Waals surface area (Å²) < 4.78 is 37.0. The second kappa shape index (κ2) is 26.3. The second-order valence-corrected chi connectivity index (χ2v) is 29.1. The molecule has 0 bridgehead atoms. The number of unbranched alkanes of at least 4 members (excludes halogenated alkanes) is 2. The Kier molecular flexibility index (Phi) is 22.8. The van der Waals surface area contributed by atoms with Crippen LogP contribution in [0, 0.1) is 10.8 Å². The van der Waals surface area contributed by atoms with E-state index in [4.69, 9.17) is 28.4 Å². The molecule has 0 radical (unpaired) electrons. The van der Waals surface area contributed by atoms with E-state index in [9.17, 15) is 44.8 Å². The predicted molar refractivity (Wildman–Crippen MR) is 297 cm³/mol. The van der Waals surface area contributed by atoms with Crippen LogP contribution in [-0.2, 0) is 52.4 Å². The van der Waals surface area contributed by atoms with E-state index in [0.717, 1.165) is 12.8 Å². The minimum Gasteiger partial charge on any atom is -0.466 e. The monoisotopic (exact) mass is 1120 g/mol. The Balaban J connectivity index is 1.43. The second-order valence-electron chi connectivity index (χ2n) is 29.1. The van der Waals surface area contributed by atoms with Gasteiger partial charge < -0.3 is 49.3 Å². The van der Waals surface area contributed by atoms with Gasteiger partial charge in [-0.25, -0.2) is 0 Å². The summed E-state index contributed by atoms with van der Waals surface area (Å²) in [5.41, 5.74) is -8.19. The van der Waals surface area contributed by atoms with Crippen LogP contribution in [0.1, 0.15) is 253 Å². The van der Waals surface area contributed by atoms with Crippen molar-refractivity contribution in [2.24, 2.45) is 10.8 Å². The highest BCUT2D eigenvalue weighted by Gasteiger charge is 2.55. The zero-order chi connectivity index (χ0) is 60.0. The van der Waals surface area contributed by atoms with E-state index in [0.29, 0.717) is 83.5 Å². The first kappa shape index (κ1) is 68.5. The quantitative estimate of drug-likeness (QED) is 0.0273. The molecule has 0 aromatic heterocycles.